The number of aryl methyl sites for hydroxylation is 1. The molecule has 3 heterocycles. The third kappa shape index (κ3) is 4.70. The molecule has 30 heavy (non-hydrogen) atoms. The zero-order valence-corrected chi connectivity index (χ0v) is 17.0. The second kappa shape index (κ2) is 9.29. The van der Waals surface area contributed by atoms with Crippen molar-refractivity contribution in [1.82, 2.24) is 25.0 Å². The number of azo groups is 1. The Balaban J connectivity index is 1.75. The Bertz CT molecular complexity index is 1060. The second-order valence-electron chi connectivity index (χ2n) is 6.52. The van der Waals surface area contributed by atoms with Crippen LogP contribution in [0.1, 0.15) is 30.3 Å². The normalized spacial score (nSPS) is 12.5. The van der Waals surface area contributed by atoms with Gasteiger partial charge in [0, 0.05) is 43.2 Å². The van der Waals surface area contributed by atoms with Crippen LogP contribution in [0.3, 0.4) is 0 Å². The van der Waals surface area contributed by atoms with Crippen molar-refractivity contribution in [2.75, 3.05) is 13.7 Å². The Kier molecular flexibility index (Phi) is 6.55. The topological polar surface area (TPSA) is 90.4 Å². The third-order valence-electron chi connectivity index (χ3n) is 4.47. The molecule has 0 aromatic carbocycles. The van der Waals surface area contributed by atoms with Crippen molar-refractivity contribution in [2.45, 2.75) is 20.3 Å². The van der Waals surface area contributed by atoms with Gasteiger partial charge in [0.15, 0.2) is 0 Å². The SMILES string of the molecule is C/N=N\C(=C(/C)COc1ccc(-c2cnn(C)c2C)nn1)c1ccc(C(F)F)cn1. The maximum atomic E-state index is 12.7. The van der Waals surface area contributed by atoms with E-state index in [4.69, 9.17) is 4.74 Å². The summed E-state index contributed by atoms with van der Waals surface area (Å²) in [5.74, 6) is 0.341. The predicted molar refractivity (Wildman–Crippen MR) is 107 cm³/mol. The lowest BCUT2D eigenvalue weighted by Crippen LogP contribution is -2.04. The summed E-state index contributed by atoms with van der Waals surface area (Å²) in [7, 11) is 3.38. The minimum absolute atomic E-state index is 0.153. The van der Waals surface area contributed by atoms with E-state index in [-0.39, 0.29) is 12.2 Å². The highest BCUT2D eigenvalue weighted by molar-refractivity contribution is 5.64. The number of ether oxygens (including phenoxy) is 1. The van der Waals surface area contributed by atoms with Gasteiger partial charge >= 0.3 is 0 Å². The molecule has 156 valence electrons. The van der Waals surface area contributed by atoms with Gasteiger partial charge in [0.2, 0.25) is 5.88 Å². The van der Waals surface area contributed by atoms with Crippen molar-refractivity contribution in [2.24, 2.45) is 17.3 Å². The molecule has 0 N–H and O–H groups in total. The quantitative estimate of drug-likeness (QED) is 0.535. The first-order valence-electron chi connectivity index (χ1n) is 9.10. The molecule has 3 aromatic rings. The first-order chi connectivity index (χ1) is 14.4. The van der Waals surface area contributed by atoms with Crippen LogP contribution < -0.4 is 4.74 Å². The number of pyridine rings is 1. The minimum Gasteiger partial charge on any atom is -0.472 e. The molecule has 3 aromatic heterocycles. The molecular formula is C20H21F2N7O. The number of nitrogens with zero attached hydrogens (tertiary/aromatic N) is 7. The van der Waals surface area contributed by atoms with Crippen LogP contribution in [0, 0.1) is 6.92 Å². The number of hydrogen-bond donors (Lipinski definition) is 0. The second-order valence-corrected chi connectivity index (χ2v) is 6.52. The van der Waals surface area contributed by atoms with Gasteiger partial charge in [-0.3, -0.25) is 9.67 Å². The molecule has 0 aliphatic heterocycles. The lowest BCUT2D eigenvalue weighted by Gasteiger charge is -2.09. The summed E-state index contributed by atoms with van der Waals surface area (Å²) in [6.45, 7) is 3.91. The monoisotopic (exact) mass is 413 g/mol. The molecule has 0 aliphatic carbocycles. The van der Waals surface area contributed by atoms with Gasteiger partial charge in [-0.05, 0) is 37.6 Å². The van der Waals surface area contributed by atoms with E-state index in [9.17, 15) is 8.78 Å². The molecule has 0 fully saturated rings. The first kappa shape index (κ1) is 21.2. The molecule has 0 spiro atoms. The van der Waals surface area contributed by atoms with Crippen molar-refractivity contribution in [1.29, 1.82) is 0 Å². The van der Waals surface area contributed by atoms with Crippen molar-refractivity contribution in [3.63, 3.8) is 0 Å². The fraction of sp³-hybridized carbons (Fsp3) is 0.300. The summed E-state index contributed by atoms with van der Waals surface area (Å²) in [6.07, 6.45) is 0.290. The summed E-state index contributed by atoms with van der Waals surface area (Å²) in [4.78, 5) is 4.07. The van der Waals surface area contributed by atoms with Gasteiger partial charge < -0.3 is 4.74 Å². The first-order valence-corrected chi connectivity index (χ1v) is 9.10. The lowest BCUT2D eigenvalue weighted by molar-refractivity contribution is 0.151. The van der Waals surface area contributed by atoms with Gasteiger partial charge in [-0.1, -0.05) is 0 Å². The van der Waals surface area contributed by atoms with Gasteiger partial charge in [-0.25, -0.2) is 8.78 Å². The van der Waals surface area contributed by atoms with Crippen molar-refractivity contribution in [3.8, 4) is 17.1 Å². The number of alkyl halides is 2. The highest BCUT2D eigenvalue weighted by Crippen LogP contribution is 2.24. The minimum atomic E-state index is -2.58. The van der Waals surface area contributed by atoms with Crippen LogP contribution in [0.5, 0.6) is 5.88 Å². The Labute approximate surface area is 172 Å². The average Bonchev–Trinajstić information content (AvgIpc) is 3.09. The van der Waals surface area contributed by atoms with Gasteiger partial charge in [0.05, 0.1) is 17.6 Å². The molecule has 0 atom stereocenters. The van der Waals surface area contributed by atoms with Crippen LogP contribution in [0.2, 0.25) is 0 Å². The van der Waals surface area contributed by atoms with E-state index in [1.807, 2.05) is 20.0 Å². The molecule has 0 radical (unpaired) electrons. The van der Waals surface area contributed by atoms with E-state index < -0.39 is 6.43 Å². The highest BCUT2D eigenvalue weighted by Gasteiger charge is 2.13. The summed E-state index contributed by atoms with van der Waals surface area (Å²) in [5.41, 5.74) is 4.03. The van der Waals surface area contributed by atoms with Gasteiger partial charge in [0.25, 0.3) is 6.43 Å². The average molecular weight is 413 g/mol. The number of hydrogen-bond acceptors (Lipinski definition) is 7. The number of rotatable bonds is 7. The number of halogens is 2. The van der Waals surface area contributed by atoms with Crippen molar-refractivity contribution in [3.05, 3.63) is 59.2 Å². The zero-order valence-electron chi connectivity index (χ0n) is 17.0. The summed E-state index contributed by atoms with van der Waals surface area (Å²) in [6, 6.07) is 6.33. The third-order valence-corrected chi connectivity index (χ3v) is 4.47. The van der Waals surface area contributed by atoms with E-state index >= 15 is 0 Å². The zero-order chi connectivity index (χ0) is 21.7. The largest absolute Gasteiger partial charge is 0.472 e. The predicted octanol–water partition coefficient (Wildman–Crippen LogP) is 4.41. The van der Waals surface area contributed by atoms with Crippen LogP contribution in [-0.2, 0) is 7.05 Å². The van der Waals surface area contributed by atoms with E-state index in [1.54, 1.807) is 23.9 Å². The molecule has 8 nitrogen and oxygen atoms in total. The Morgan fingerprint density at radius 3 is 2.50 bits per heavy atom. The smallest absolute Gasteiger partial charge is 0.265 e. The molecule has 10 heteroatoms. The molecule has 0 unspecified atom stereocenters. The van der Waals surface area contributed by atoms with Crippen molar-refractivity contribution >= 4 is 5.70 Å². The highest BCUT2D eigenvalue weighted by atomic mass is 19.3. The Hall–Kier alpha value is -3.56. The van der Waals surface area contributed by atoms with Crippen molar-refractivity contribution < 1.29 is 13.5 Å². The maximum Gasteiger partial charge on any atom is 0.265 e. The molecule has 3 rings (SSSR count). The Morgan fingerprint density at radius 1 is 1.17 bits per heavy atom. The lowest BCUT2D eigenvalue weighted by atomic mass is 10.1. The van der Waals surface area contributed by atoms with Gasteiger partial charge in [-0.2, -0.15) is 15.3 Å². The van der Waals surface area contributed by atoms with Crippen LogP contribution in [0.15, 0.2) is 52.5 Å². The van der Waals surface area contributed by atoms with Crippen LogP contribution in [-0.4, -0.2) is 38.6 Å². The van der Waals surface area contributed by atoms with Crippen LogP contribution in [0.25, 0.3) is 17.0 Å². The van der Waals surface area contributed by atoms with E-state index in [2.05, 4.69) is 30.5 Å². The van der Waals surface area contributed by atoms with Gasteiger partial charge in [0.1, 0.15) is 12.3 Å². The Morgan fingerprint density at radius 2 is 1.97 bits per heavy atom. The standard InChI is InChI=1S/C20H21F2N7O/c1-12(19(28-23-3)17-6-5-14(9-24-17)20(21)22)11-30-18-8-7-16(26-27-18)15-10-25-29(4)13(15)2/h5-10,20H,11H2,1-4H3/b19-12+,28-23-. The van der Waals surface area contributed by atoms with Crippen LogP contribution in [0.4, 0.5) is 8.78 Å². The van der Waals surface area contributed by atoms with E-state index in [0.717, 1.165) is 17.5 Å². The molecule has 0 saturated heterocycles. The van der Waals surface area contributed by atoms with E-state index in [1.165, 1.54) is 19.2 Å². The molecule has 0 aliphatic rings. The fourth-order valence-corrected chi connectivity index (χ4v) is 2.67. The van der Waals surface area contributed by atoms with E-state index in [0.29, 0.717) is 28.5 Å². The fourth-order valence-electron chi connectivity index (χ4n) is 2.67. The molecule has 0 amide bonds. The van der Waals surface area contributed by atoms with Gasteiger partial charge in [-0.15, -0.1) is 10.2 Å². The molecule has 0 saturated carbocycles. The van der Waals surface area contributed by atoms with Crippen LogP contribution >= 0.6 is 0 Å². The number of aromatic nitrogens is 5. The molecule has 0 bridgehead atoms. The summed E-state index contributed by atoms with van der Waals surface area (Å²) in [5, 5.41) is 20.4. The summed E-state index contributed by atoms with van der Waals surface area (Å²) < 4.78 is 33.0. The maximum absolute atomic E-state index is 12.7. The molecular weight excluding hydrogens is 392 g/mol. The summed E-state index contributed by atoms with van der Waals surface area (Å²) >= 11 is 0.